The fraction of sp³-hybridized carbons (Fsp3) is 0.105. The topological polar surface area (TPSA) is 38.3 Å². The van der Waals surface area contributed by atoms with Gasteiger partial charge >= 0.3 is 0 Å². The van der Waals surface area contributed by atoms with Crippen LogP contribution in [0.5, 0.6) is 5.75 Å². The predicted molar refractivity (Wildman–Crippen MR) is 102 cm³/mol. The summed E-state index contributed by atoms with van der Waals surface area (Å²) in [5.41, 5.74) is 0.768. The lowest BCUT2D eigenvalue weighted by Gasteiger charge is -2.15. The standard InChI is InChI=1S/C19H16INO2/c1-13(19(22)21-17-9-7-16(20)8-10-17)23-18-11-6-14-4-2-3-5-15(14)12-18/h2-13H,1H3,(H,21,22). The smallest absolute Gasteiger partial charge is 0.265 e. The van der Waals surface area contributed by atoms with Gasteiger partial charge in [-0.3, -0.25) is 4.79 Å². The lowest BCUT2D eigenvalue weighted by atomic mass is 10.1. The van der Waals surface area contributed by atoms with Gasteiger partial charge in [0.05, 0.1) is 0 Å². The third-order valence-electron chi connectivity index (χ3n) is 3.51. The number of rotatable bonds is 4. The molecule has 0 spiro atoms. The molecule has 0 heterocycles. The largest absolute Gasteiger partial charge is 0.481 e. The van der Waals surface area contributed by atoms with Crippen molar-refractivity contribution in [1.29, 1.82) is 0 Å². The van der Waals surface area contributed by atoms with Crippen LogP contribution in [0.1, 0.15) is 6.92 Å². The van der Waals surface area contributed by atoms with E-state index in [4.69, 9.17) is 4.74 Å². The van der Waals surface area contributed by atoms with Crippen LogP contribution in [0.4, 0.5) is 5.69 Å². The van der Waals surface area contributed by atoms with E-state index >= 15 is 0 Å². The Hall–Kier alpha value is -2.08. The summed E-state index contributed by atoms with van der Waals surface area (Å²) in [5, 5.41) is 5.10. The van der Waals surface area contributed by atoms with Gasteiger partial charge in [-0.05, 0) is 76.7 Å². The number of halogens is 1. The molecule has 0 saturated heterocycles. The number of hydrogen-bond donors (Lipinski definition) is 1. The van der Waals surface area contributed by atoms with Crippen LogP contribution < -0.4 is 10.1 Å². The van der Waals surface area contributed by atoms with E-state index in [2.05, 4.69) is 27.9 Å². The normalized spacial score (nSPS) is 11.9. The van der Waals surface area contributed by atoms with Crippen molar-refractivity contribution in [2.45, 2.75) is 13.0 Å². The van der Waals surface area contributed by atoms with Crippen LogP contribution in [-0.2, 0) is 4.79 Å². The van der Waals surface area contributed by atoms with Gasteiger partial charge < -0.3 is 10.1 Å². The van der Waals surface area contributed by atoms with Gasteiger partial charge in [0, 0.05) is 9.26 Å². The molecule has 1 unspecified atom stereocenters. The van der Waals surface area contributed by atoms with E-state index in [1.165, 1.54) is 0 Å². The number of carbonyl (C=O) groups is 1. The second-order valence-corrected chi connectivity index (χ2v) is 6.51. The zero-order valence-corrected chi connectivity index (χ0v) is 14.8. The third kappa shape index (κ3) is 4.01. The molecule has 3 aromatic carbocycles. The fourth-order valence-electron chi connectivity index (χ4n) is 2.28. The van der Waals surface area contributed by atoms with Crippen molar-refractivity contribution in [3.05, 3.63) is 70.3 Å². The summed E-state index contributed by atoms with van der Waals surface area (Å²) >= 11 is 2.23. The van der Waals surface area contributed by atoms with Crippen LogP contribution >= 0.6 is 22.6 Å². The van der Waals surface area contributed by atoms with Gasteiger partial charge in [-0.25, -0.2) is 0 Å². The number of fused-ring (bicyclic) bond motifs is 1. The molecule has 1 atom stereocenters. The minimum atomic E-state index is -0.574. The number of amides is 1. The Kier molecular flexibility index (Phi) is 4.81. The van der Waals surface area contributed by atoms with Crippen LogP contribution in [0, 0.1) is 3.57 Å². The van der Waals surface area contributed by atoms with Crippen LogP contribution in [0.25, 0.3) is 10.8 Å². The molecule has 3 aromatic rings. The van der Waals surface area contributed by atoms with Crippen molar-refractivity contribution < 1.29 is 9.53 Å². The maximum absolute atomic E-state index is 12.2. The first-order chi connectivity index (χ1) is 11.1. The van der Waals surface area contributed by atoms with E-state index in [0.717, 1.165) is 20.0 Å². The van der Waals surface area contributed by atoms with Gasteiger partial charge in [0.2, 0.25) is 0 Å². The van der Waals surface area contributed by atoms with E-state index in [1.54, 1.807) is 6.92 Å². The van der Waals surface area contributed by atoms with E-state index in [0.29, 0.717) is 5.75 Å². The molecular weight excluding hydrogens is 401 g/mol. The van der Waals surface area contributed by atoms with Crippen LogP contribution in [0.3, 0.4) is 0 Å². The van der Waals surface area contributed by atoms with Gasteiger partial charge in [0.1, 0.15) is 5.75 Å². The number of ether oxygens (including phenoxy) is 1. The number of hydrogen-bond acceptors (Lipinski definition) is 2. The molecule has 0 aliphatic carbocycles. The minimum Gasteiger partial charge on any atom is -0.481 e. The van der Waals surface area contributed by atoms with Gasteiger partial charge in [-0.2, -0.15) is 0 Å². The Balaban J connectivity index is 1.68. The fourth-order valence-corrected chi connectivity index (χ4v) is 2.64. The second kappa shape index (κ2) is 7.00. The molecule has 0 aromatic heterocycles. The van der Waals surface area contributed by atoms with Crippen LogP contribution in [0.15, 0.2) is 66.7 Å². The summed E-state index contributed by atoms with van der Waals surface area (Å²) in [6, 6.07) is 21.5. The number of nitrogens with one attached hydrogen (secondary N) is 1. The van der Waals surface area contributed by atoms with Gasteiger partial charge in [0.15, 0.2) is 6.10 Å². The monoisotopic (exact) mass is 417 g/mol. The van der Waals surface area contributed by atoms with Crippen molar-refractivity contribution in [3.8, 4) is 5.75 Å². The quantitative estimate of drug-likeness (QED) is 0.617. The first kappa shape index (κ1) is 15.8. The van der Waals surface area contributed by atoms with Gasteiger partial charge in [-0.1, -0.05) is 30.3 Å². The Bertz CT molecular complexity index is 830. The lowest BCUT2D eigenvalue weighted by molar-refractivity contribution is -0.122. The Morgan fingerprint density at radius 2 is 1.70 bits per heavy atom. The SMILES string of the molecule is CC(Oc1ccc2ccccc2c1)C(=O)Nc1ccc(I)cc1. The molecular formula is C19H16INO2. The van der Waals surface area contributed by atoms with Gasteiger partial charge in [0.25, 0.3) is 5.91 Å². The predicted octanol–water partition coefficient (Wildman–Crippen LogP) is 4.85. The molecule has 0 aliphatic heterocycles. The van der Waals surface area contributed by atoms with Crippen molar-refractivity contribution in [2.75, 3.05) is 5.32 Å². The van der Waals surface area contributed by atoms with Crippen molar-refractivity contribution >= 4 is 45.0 Å². The Morgan fingerprint density at radius 3 is 2.43 bits per heavy atom. The summed E-state index contributed by atoms with van der Waals surface area (Å²) in [5.74, 6) is 0.522. The Morgan fingerprint density at radius 1 is 1.00 bits per heavy atom. The first-order valence-corrected chi connectivity index (χ1v) is 8.41. The zero-order valence-electron chi connectivity index (χ0n) is 12.6. The van der Waals surface area contributed by atoms with E-state index in [1.807, 2.05) is 66.7 Å². The first-order valence-electron chi connectivity index (χ1n) is 7.34. The Labute approximate surface area is 148 Å². The molecule has 23 heavy (non-hydrogen) atoms. The average Bonchev–Trinajstić information content (AvgIpc) is 2.56. The average molecular weight is 417 g/mol. The van der Waals surface area contributed by atoms with Crippen LogP contribution in [0.2, 0.25) is 0 Å². The van der Waals surface area contributed by atoms with Crippen molar-refractivity contribution in [1.82, 2.24) is 0 Å². The van der Waals surface area contributed by atoms with Crippen LogP contribution in [-0.4, -0.2) is 12.0 Å². The number of benzene rings is 3. The summed E-state index contributed by atoms with van der Waals surface area (Å²) in [4.78, 5) is 12.2. The van der Waals surface area contributed by atoms with Crippen molar-refractivity contribution in [3.63, 3.8) is 0 Å². The van der Waals surface area contributed by atoms with E-state index < -0.39 is 6.10 Å². The molecule has 0 radical (unpaired) electrons. The maximum Gasteiger partial charge on any atom is 0.265 e. The summed E-state index contributed by atoms with van der Waals surface area (Å²) in [7, 11) is 0. The molecule has 3 nitrogen and oxygen atoms in total. The van der Waals surface area contributed by atoms with E-state index in [-0.39, 0.29) is 5.91 Å². The molecule has 0 fully saturated rings. The highest BCUT2D eigenvalue weighted by Gasteiger charge is 2.15. The molecule has 0 aliphatic rings. The molecule has 116 valence electrons. The second-order valence-electron chi connectivity index (χ2n) is 5.27. The summed E-state index contributed by atoms with van der Waals surface area (Å²) in [6.45, 7) is 1.75. The molecule has 3 rings (SSSR count). The maximum atomic E-state index is 12.2. The molecule has 1 N–H and O–H groups in total. The highest BCUT2D eigenvalue weighted by atomic mass is 127. The minimum absolute atomic E-state index is 0.167. The third-order valence-corrected chi connectivity index (χ3v) is 4.23. The molecule has 0 bridgehead atoms. The highest BCUT2D eigenvalue weighted by molar-refractivity contribution is 14.1. The number of carbonyl (C=O) groups excluding carboxylic acids is 1. The van der Waals surface area contributed by atoms with E-state index in [9.17, 15) is 4.79 Å². The molecule has 4 heteroatoms. The molecule has 0 saturated carbocycles. The summed E-state index contributed by atoms with van der Waals surface area (Å²) in [6.07, 6.45) is -0.574. The van der Waals surface area contributed by atoms with Crippen molar-refractivity contribution in [2.24, 2.45) is 0 Å². The highest BCUT2D eigenvalue weighted by Crippen LogP contribution is 2.21. The zero-order chi connectivity index (χ0) is 16.2. The molecule has 1 amide bonds. The van der Waals surface area contributed by atoms with Gasteiger partial charge in [-0.15, -0.1) is 0 Å². The lowest BCUT2D eigenvalue weighted by Crippen LogP contribution is -2.30. The summed E-state index contributed by atoms with van der Waals surface area (Å²) < 4.78 is 6.89. The number of anilines is 1.